The van der Waals surface area contributed by atoms with Crippen molar-refractivity contribution in [2.45, 2.75) is 26.9 Å². The van der Waals surface area contributed by atoms with Crippen molar-refractivity contribution in [3.63, 3.8) is 0 Å². The number of hydrogen-bond acceptors (Lipinski definition) is 6. The molecule has 1 aliphatic heterocycles. The number of likely N-dealkylation sites (N-methyl/N-ethyl adjacent to an activating group) is 1. The molecule has 25 heavy (non-hydrogen) atoms. The number of benzene rings is 1. The van der Waals surface area contributed by atoms with Crippen LogP contribution < -0.4 is 15.5 Å². The molecular formula is C19H30N6. The zero-order valence-electron chi connectivity index (χ0n) is 15.6. The van der Waals surface area contributed by atoms with E-state index in [1.54, 1.807) is 0 Å². The minimum atomic E-state index is 0.279. The molecule has 6 nitrogen and oxygen atoms in total. The quantitative estimate of drug-likeness (QED) is 0.797. The van der Waals surface area contributed by atoms with E-state index in [0.29, 0.717) is 0 Å². The first-order valence-corrected chi connectivity index (χ1v) is 9.37. The number of piperazine rings is 1. The fraction of sp³-hybridized carbons (Fsp3) is 0.579. The molecule has 0 aliphatic carbocycles. The molecule has 1 atom stereocenters. The normalized spacial score (nSPS) is 18.2. The van der Waals surface area contributed by atoms with Crippen LogP contribution in [0.4, 0.5) is 5.95 Å². The summed E-state index contributed by atoms with van der Waals surface area (Å²) in [7, 11) is 0. The molecule has 136 valence electrons. The van der Waals surface area contributed by atoms with Gasteiger partial charge >= 0.3 is 0 Å². The van der Waals surface area contributed by atoms with Crippen LogP contribution in [0.3, 0.4) is 0 Å². The molecule has 1 fully saturated rings. The zero-order valence-corrected chi connectivity index (χ0v) is 15.6. The smallest absolute Gasteiger partial charge is 0.226 e. The fourth-order valence-corrected chi connectivity index (χ4v) is 3.28. The Balaban J connectivity index is 1.61. The van der Waals surface area contributed by atoms with E-state index in [9.17, 15) is 0 Å². The highest BCUT2D eigenvalue weighted by molar-refractivity contribution is 5.79. The Hall–Kier alpha value is -1.76. The molecule has 1 unspecified atom stereocenters. The first-order chi connectivity index (χ1) is 12.2. The van der Waals surface area contributed by atoms with E-state index < -0.39 is 0 Å². The zero-order chi connectivity index (χ0) is 17.6. The van der Waals surface area contributed by atoms with Crippen LogP contribution in [0.1, 0.15) is 19.4 Å². The number of aryl methyl sites for hydroxylation is 1. The number of rotatable bonds is 7. The lowest BCUT2D eigenvalue weighted by molar-refractivity contribution is 0.286. The van der Waals surface area contributed by atoms with E-state index in [-0.39, 0.29) is 6.17 Å². The Labute approximate surface area is 150 Å². The standard InChI is InChI=1S/C19H30N6/c1-4-24(5-2)10-8-20-18-14-25(11-9-21-18)19-22-13-16-7-6-15(3)12-17(16)23-19/h6-7,12-13,18,20-21H,4-5,8-11,14H2,1-3H3. The van der Waals surface area contributed by atoms with Crippen molar-refractivity contribution in [1.29, 1.82) is 0 Å². The summed E-state index contributed by atoms with van der Waals surface area (Å²) < 4.78 is 0. The maximum Gasteiger partial charge on any atom is 0.226 e. The van der Waals surface area contributed by atoms with Gasteiger partial charge in [-0.1, -0.05) is 26.0 Å². The third-order valence-corrected chi connectivity index (χ3v) is 4.90. The van der Waals surface area contributed by atoms with Crippen LogP contribution in [0.25, 0.3) is 10.9 Å². The van der Waals surface area contributed by atoms with Crippen molar-refractivity contribution < 1.29 is 0 Å². The van der Waals surface area contributed by atoms with Gasteiger partial charge in [0.1, 0.15) is 0 Å². The van der Waals surface area contributed by atoms with Crippen LogP contribution in [0.5, 0.6) is 0 Å². The SMILES string of the molecule is CCN(CC)CCNC1CN(c2ncc3ccc(C)cc3n2)CCN1. The van der Waals surface area contributed by atoms with Crippen LogP contribution >= 0.6 is 0 Å². The van der Waals surface area contributed by atoms with Gasteiger partial charge in [-0.25, -0.2) is 9.97 Å². The Kier molecular flexibility index (Phi) is 6.18. The predicted octanol–water partition coefficient (Wildman–Crippen LogP) is 1.61. The Morgan fingerprint density at radius 2 is 2.16 bits per heavy atom. The van der Waals surface area contributed by atoms with Crippen molar-refractivity contribution in [3.05, 3.63) is 30.0 Å². The largest absolute Gasteiger partial charge is 0.337 e. The van der Waals surface area contributed by atoms with Gasteiger partial charge in [-0.2, -0.15) is 0 Å². The predicted molar refractivity (Wildman–Crippen MR) is 104 cm³/mol. The summed E-state index contributed by atoms with van der Waals surface area (Å²) >= 11 is 0. The highest BCUT2D eigenvalue weighted by Gasteiger charge is 2.21. The number of hydrogen-bond donors (Lipinski definition) is 2. The summed E-state index contributed by atoms with van der Waals surface area (Å²) in [6.45, 7) is 13.6. The number of nitrogens with one attached hydrogen (secondary N) is 2. The van der Waals surface area contributed by atoms with Gasteiger partial charge < -0.3 is 9.80 Å². The molecule has 1 aromatic carbocycles. The minimum Gasteiger partial charge on any atom is -0.337 e. The average Bonchev–Trinajstić information content (AvgIpc) is 2.65. The van der Waals surface area contributed by atoms with Crippen molar-refractivity contribution in [2.75, 3.05) is 50.7 Å². The first-order valence-electron chi connectivity index (χ1n) is 9.37. The van der Waals surface area contributed by atoms with Gasteiger partial charge in [0.05, 0.1) is 11.7 Å². The number of fused-ring (bicyclic) bond motifs is 1. The molecule has 1 aliphatic rings. The summed E-state index contributed by atoms with van der Waals surface area (Å²) in [6, 6.07) is 6.32. The Morgan fingerprint density at radius 1 is 1.32 bits per heavy atom. The second-order valence-electron chi connectivity index (χ2n) is 6.67. The molecule has 0 spiro atoms. The van der Waals surface area contributed by atoms with Crippen LogP contribution in [-0.2, 0) is 0 Å². The third kappa shape index (κ3) is 4.66. The van der Waals surface area contributed by atoms with E-state index in [1.165, 1.54) is 5.56 Å². The first kappa shape index (κ1) is 18.0. The van der Waals surface area contributed by atoms with E-state index in [4.69, 9.17) is 4.98 Å². The van der Waals surface area contributed by atoms with Crippen LogP contribution in [0, 0.1) is 6.92 Å². The maximum atomic E-state index is 4.78. The number of nitrogens with zero attached hydrogens (tertiary/aromatic N) is 4. The van der Waals surface area contributed by atoms with Crippen LogP contribution in [0.15, 0.2) is 24.4 Å². The van der Waals surface area contributed by atoms with Gasteiger partial charge in [0.25, 0.3) is 0 Å². The number of anilines is 1. The molecule has 0 bridgehead atoms. The highest BCUT2D eigenvalue weighted by atomic mass is 15.3. The average molecular weight is 342 g/mol. The molecule has 0 saturated carbocycles. The van der Waals surface area contributed by atoms with Gasteiger partial charge in [0, 0.05) is 44.3 Å². The molecule has 3 rings (SSSR count). The van der Waals surface area contributed by atoms with Gasteiger partial charge in [0.2, 0.25) is 5.95 Å². The lowest BCUT2D eigenvalue weighted by Crippen LogP contribution is -2.58. The van der Waals surface area contributed by atoms with Crippen molar-refractivity contribution >= 4 is 16.9 Å². The van der Waals surface area contributed by atoms with Crippen LogP contribution in [-0.4, -0.2) is 66.8 Å². The number of aromatic nitrogens is 2. The molecular weight excluding hydrogens is 312 g/mol. The third-order valence-electron chi connectivity index (χ3n) is 4.90. The van der Waals surface area contributed by atoms with Crippen molar-refractivity contribution in [2.24, 2.45) is 0 Å². The van der Waals surface area contributed by atoms with Gasteiger partial charge in [-0.3, -0.25) is 10.6 Å². The maximum absolute atomic E-state index is 4.78. The second-order valence-corrected chi connectivity index (χ2v) is 6.67. The second kappa shape index (κ2) is 8.56. The lowest BCUT2D eigenvalue weighted by Gasteiger charge is -2.34. The molecule has 1 aromatic heterocycles. The molecule has 0 amide bonds. The molecule has 6 heteroatoms. The monoisotopic (exact) mass is 342 g/mol. The highest BCUT2D eigenvalue weighted by Crippen LogP contribution is 2.17. The van der Waals surface area contributed by atoms with Crippen LogP contribution in [0.2, 0.25) is 0 Å². The summed E-state index contributed by atoms with van der Waals surface area (Å²) in [6.07, 6.45) is 2.21. The van der Waals surface area contributed by atoms with E-state index in [1.807, 2.05) is 6.20 Å². The molecule has 2 heterocycles. The molecule has 0 radical (unpaired) electrons. The fourth-order valence-electron chi connectivity index (χ4n) is 3.28. The molecule has 2 aromatic rings. The van der Waals surface area contributed by atoms with Gasteiger partial charge in [-0.05, 0) is 31.6 Å². The van der Waals surface area contributed by atoms with Gasteiger partial charge in [0.15, 0.2) is 0 Å². The Bertz CT molecular complexity index is 685. The topological polar surface area (TPSA) is 56.3 Å². The minimum absolute atomic E-state index is 0.279. The van der Waals surface area contributed by atoms with E-state index >= 15 is 0 Å². The molecule has 1 saturated heterocycles. The molecule has 2 N–H and O–H groups in total. The van der Waals surface area contributed by atoms with Crippen molar-refractivity contribution in [3.8, 4) is 0 Å². The summed E-state index contributed by atoms with van der Waals surface area (Å²) in [4.78, 5) is 14.1. The lowest BCUT2D eigenvalue weighted by atomic mass is 10.2. The Morgan fingerprint density at radius 3 is 2.96 bits per heavy atom. The summed E-state index contributed by atoms with van der Waals surface area (Å²) in [5, 5.41) is 8.26. The summed E-state index contributed by atoms with van der Waals surface area (Å²) in [5.41, 5.74) is 2.25. The van der Waals surface area contributed by atoms with E-state index in [0.717, 1.165) is 62.7 Å². The van der Waals surface area contributed by atoms with E-state index in [2.05, 4.69) is 64.4 Å². The van der Waals surface area contributed by atoms with Gasteiger partial charge in [-0.15, -0.1) is 0 Å². The summed E-state index contributed by atoms with van der Waals surface area (Å²) in [5.74, 6) is 0.829. The van der Waals surface area contributed by atoms with Crippen molar-refractivity contribution in [1.82, 2.24) is 25.5 Å².